The predicted molar refractivity (Wildman–Crippen MR) is 63.8 cm³/mol. The monoisotopic (exact) mass is 288 g/mol. The number of halogens is 4. The van der Waals surface area contributed by atoms with Crippen molar-refractivity contribution in [2.24, 2.45) is 5.10 Å². The second kappa shape index (κ2) is 6.01. The molecule has 0 heterocycles. The van der Waals surface area contributed by atoms with E-state index in [2.05, 4.69) is 10.4 Å². The summed E-state index contributed by atoms with van der Waals surface area (Å²) >= 11 is 0. The van der Waals surface area contributed by atoms with Crippen LogP contribution in [0.25, 0.3) is 0 Å². The zero-order valence-corrected chi connectivity index (χ0v) is 10.0. The van der Waals surface area contributed by atoms with Gasteiger partial charge in [-0.05, 0) is 12.1 Å². The maximum Gasteiger partial charge on any atom is 0.455 e. The quantitative estimate of drug-likeness (QED) is 0.506. The molecule has 0 aliphatic carbocycles. The van der Waals surface area contributed by atoms with Crippen molar-refractivity contribution in [1.82, 2.24) is 0 Å². The van der Waals surface area contributed by atoms with Gasteiger partial charge in [0.2, 0.25) is 0 Å². The van der Waals surface area contributed by atoms with E-state index >= 15 is 0 Å². The molecule has 9 heteroatoms. The largest absolute Gasteiger partial charge is 0.455 e. The molecule has 0 radical (unpaired) electrons. The van der Waals surface area contributed by atoms with Gasteiger partial charge in [0.15, 0.2) is 0 Å². The van der Waals surface area contributed by atoms with E-state index in [0.717, 1.165) is 12.1 Å². The minimum atomic E-state index is -5.04. The number of Topliss-reactive ketones (excluding diaryl/α,β-unsaturated/α-hetero) is 1. The van der Waals surface area contributed by atoms with Crippen LogP contribution in [0.5, 0.6) is 0 Å². The van der Waals surface area contributed by atoms with Crippen LogP contribution in [0.4, 0.5) is 28.9 Å². The van der Waals surface area contributed by atoms with E-state index in [1.807, 2.05) is 5.43 Å². The zero-order chi connectivity index (χ0) is 15.3. The first-order valence-electron chi connectivity index (χ1n) is 5.11. The highest BCUT2D eigenvalue weighted by molar-refractivity contribution is 6.30. The molecule has 0 aliphatic rings. The van der Waals surface area contributed by atoms with E-state index in [0.29, 0.717) is 0 Å². The number of benzene rings is 1. The van der Waals surface area contributed by atoms with E-state index in [4.69, 9.17) is 5.26 Å². The molecule has 1 aromatic carbocycles. The lowest BCUT2D eigenvalue weighted by Gasteiger charge is -2.07. The fourth-order valence-corrected chi connectivity index (χ4v) is 1.19. The number of alkyl halides is 3. The summed E-state index contributed by atoms with van der Waals surface area (Å²) in [6, 6.07) is 3.76. The van der Waals surface area contributed by atoms with Gasteiger partial charge in [0, 0.05) is 7.05 Å². The van der Waals surface area contributed by atoms with Crippen molar-refractivity contribution in [2.45, 2.75) is 6.18 Å². The molecule has 0 unspecified atom stereocenters. The molecule has 0 bridgehead atoms. The second-order valence-electron chi connectivity index (χ2n) is 3.47. The van der Waals surface area contributed by atoms with Crippen LogP contribution in [0.1, 0.15) is 5.56 Å². The van der Waals surface area contributed by atoms with Crippen LogP contribution in [-0.2, 0) is 4.79 Å². The third-order valence-electron chi connectivity index (χ3n) is 2.14. The van der Waals surface area contributed by atoms with Gasteiger partial charge >= 0.3 is 6.18 Å². The molecule has 0 saturated carbocycles. The zero-order valence-electron chi connectivity index (χ0n) is 10.0. The molecule has 0 saturated heterocycles. The van der Waals surface area contributed by atoms with Gasteiger partial charge in [0.25, 0.3) is 5.78 Å². The topological polar surface area (TPSA) is 77.3 Å². The first-order valence-corrected chi connectivity index (χ1v) is 5.11. The van der Waals surface area contributed by atoms with Gasteiger partial charge in [-0.3, -0.25) is 10.2 Å². The molecule has 20 heavy (non-hydrogen) atoms. The van der Waals surface area contributed by atoms with Crippen LogP contribution >= 0.6 is 0 Å². The number of nitrogens with zero attached hydrogens (tertiary/aromatic N) is 2. The molecule has 106 valence electrons. The lowest BCUT2D eigenvalue weighted by atomic mass is 10.1. The number of hydrazone groups is 1. The average molecular weight is 288 g/mol. The van der Waals surface area contributed by atoms with E-state index in [9.17, 15) is 22.4 Å². The van der Waals surface area contributed by atoms with Crippen LogP contribution in [0.3, 0.4) is 0 Å². The minimum absolute atomic E-state index is 0.00328. The molecule has 0 fully saturated rings. The van der Waals surface area contributed by atoms with Crippen LogP contribution in [0, 0.1) is 17.1 Å². The van der Waals surface area contributed by atoms with E-state index < -0.39 is 17.8 Å². The fourth-order valence-electron chi connectivity index (χ4n) is 1.19. The van der Waals surface area contributed by atoms with Gasteiger partial charge < -0.3 is 5.32 Å². The van der Waals surface area contributed by atoms with Gasteiger partial charge in [0.05, 0.1) is 23.2 Å². The van der Waals surface area contributed by atoms with Crippen molar-refractivity contribution in [3.8, 4) is 6.07 Å². The number of anilines is 2. The molecule has 0 aromatic heterocycles. The lowest BCUT2D eigenvalue weighted by Crippen LogP contribution is -2.24. The summed E-state index contributed by atoms with van der Waals surface area (Å²) in [5, 5.41) is 14.3. The first-order chi connectivity index (χ1) is 9.29. The Kier molecular flexibility index (Phi) is 4.63. The fraction of sp³-hybridized carbons (Fsp3) is 0.182. The Morgan fingerprint density at radius 1 is 1.40 bits per heavy atom. The normalized spacial score (nSPS) is 11.2. The molecule has 2 N–H and O–H groups in total. The SMILES string of the molecule is CNc1cc(N/N=C/C(=O)C(F)(F)F)c(F)cc1C#N. The highest BCUT2D eigenvalue weighted by Crippen LogP contribution is 2.23. The van der Waals surface area contributed by atoms with Crippen molar-refractivity contribution in [3.05, 3.63) is 23.5 Å². The van der Waals surface area contributed by atoms with E-state index in [1.165, 1.54) is 7.05 Å². The van der Waals surface area contributed by atoms with Gasteiger partial charge in [-0.1, -0.05) is 0 Å². The van der Waals surface area contributed by atoms with Crippen LogP contribution < -0.4 is 10.7 Å². The highest BCUT2D eigenvalue weighted by Gasteiger charge is 2.36. The lowest BCUT2D eigenvalue weighted by molar-refractivity contribution is -0.162. The predicted octanol–water partition coefficient (Wildman–Crippen LogP) is 2.27. The molecule has 1 aromatic rings. The molecule has 0 amide bonds. The van der Waals surface area contributed by atoms with Crippen molar-refractivity contribution < 1.29 is 22.4 Å². The Morgan fingerprint density at radius 2 is 2.05 bits per heavy atom. The van der Waals surface area contributed by atoms with Crippen molar-refractivity contribution in [1.29, 1.82) is 5.26 Å². The van der Waals surface area contributed by atoms with Crippen LogP contribution in [0.2, 0.25) is 0 Å². The second-order valence-corrected chi connectivity index (χ2v) is 3.47. The maximum atomic E-state index is 13.5. The van der Waals surface area contributed by atoms with Crippen LogP contribution in [-0.4, -0.2) is 25.2 Å². The number of carbonyl (C=O) groups excluding carboxylic acids is 1. The Morgan fingerprint density at radius 3 is 2.55 bits per heavy atom. The van der Waals surface area contributed by atoms with E-state index in [1.54, 1.807) is 6.07 Å². The number of ketones is 1. The number of carbonyl (C=O) groups is 1. The van der Waals surface area contributed by atoms with Crippen LogP contribution in [0.15, 0.2) is 17.2 Å². The first kappa shape index (κ1) is 15.4. The molecular weight excluding hydrogens is 280 g/mol. The molecule has 5 nitrogen and oxygen atoms in total. The molecular formula is C11H8F4N4O. The Hall–Kier alpha value is -2.63. The van der Waals surface area contributed by atoms with Crippen molar-refractivity contribution in [3.63, 3.8) is 0 Å². The van der Waals surface area contributed by atoms with Crippen molar-refractivity contribution in [2.75, 3.05) is 17.8 Å². The summed E-state index contributed by atoms with van der Waals surface area (Å²) in [5.74, 6) is -3.06. The summed E-state index contributed by atoms with van der Waals surface area (Å²) in [6.45, 7) is 0. The summed E-state index contributed by atoms with van der Waals surface area (Å²) in [4.78, 5) is 10.5. The van der Waals surface area contributed by atoms with Gasteiger partial charge in [0.1, 0.15) is 11.9 Å². The van der Waals surface area contributed by atoms with Gasteiger partial charge in [-0.2, -0.15) is 23.5 Å². The summed E-state index contributed by atoms with van der Waals surface area (Å²) in [5.41, 5.74) is 1.97. The molecule has 1 rings (SSSR count). The standard InChI is InChI=1S/C11H8F4N4O/c1-17-8-3-9(7(12)2-6(8)4-16)19-18-5-10(20)11(13,14)15/h2-3,5,17,19H,1H3/b18-5+. The number of nitrogens with one attached hydrogen (secondary N) is 2. The summed E-state index contributed by atoms with van der Waals surface area (Å²) < 4.78 is 49.1. The maximum absolute atomic E-state index is 13.5. The third kappa shape index (κ3) is 3.68. The smallest absolute Gasteiger partial charge is 0.387 e. The minimum Gasteiger partial charge on any atom is -0.387 e. The average Bonchev–Trinajstić information content (AvgIpc) is 2.38. The Balaban J connectivity index is 2.92. The molecule has 0 atom stereocenters. The molecule has 0 spiro atoms. The van der Waals surface area contributed by atoms with E-state index in [-0.39, 0.29) is 23.2 Å². The number of hydrogen-bond donors (Lipinski definition) is 2. The Labute approximate surface area is 110 Å². The van der Waals surface area contributed by atoms with Gasteiger partial charge in [-0.15, -0.1) is 0 Å². The number of nitriles is 1. The third-order valence-corrected chi connectivity index (χ3v) is 2.14. The number of rotatable bonds is 4. The highest BCUT2D eigenvalue weighted by atomic mass is 19.4. The van der Waals surface area contributed by atoms with Gasteiger partial charge in [-0.25, -0.2) is 4.39 Å². The molecule has 0 aliphatic heterocycles. The number of hydrogen-bond acceptors (Lipinski definition) is 5. The van der Waals surface area contributed by atoms with Crippen molar-refractivity contribution >= 4 is 23.4 Å². The Bertz CT molecular complexity index is 589. The summed E-state index contributed by atoms with van der Waals surface area (Å²) in [7, 11) is 1.48. The summed E-state index contributed by atoms with van der Waals surface area (Å²) in [6.07, 6.45) is -5.04.